The van der Waals surface area contributed by atoms with E-state index in [1.54, 1.807) is 12.3 Å². The number of hydrogen-bond donors (Lipinski definition) is 1. The number of carbonyl (C=O) groups excluding carboxylic acids is 1. The summed E-state index contributed by atoms with van der Waals surface area (Å²) in [5.74, 6) is 0.587. The van der Waals surface area contributed by atoms with E-state index < -0.39 is 0 Å². The Morgan fingerprint density at radius 1 is 1.08 bits per heavy atom. The van der Waals surface area contributed by atoms with Crippen molar-refractivity contribution in [2.75, 3.05) is 38.6 Å². The third-order valence-corrected chi connectivity index (χ3v) is 4.35. The molecule has 1 atom stereocenters. The summed E-state index contributed by atoms with van der Waals surface area (Å²) in [5.41, 5.74) is 1.81. The molecule has 1 heterocycles. The van der Waals surface area contributed by atoms with E-state index in [2.05, 4.69) is 41.2 Å². The first kappa shape index (κ1) is 18.9. The highest BCUT2D eigenvalue weighted by atomic mass is 16.1. The average Bonchev–Trinajstić information content (AvgIpc) is 2.65. The van der Waals surface area contributed by atoms with Crippen molar-refractivity contribution >= 4 is 11.7 Å². The maximum atomic E-state index is 12.7. The number of amides is 1. The third kappa shape index (κ3) is 4.79. The van der Waals surface area contributed by atoms with Crippen molar-refractivity contribution in [3.05, 3.63) is 59.8 Å². The lowest BCUT2D eigenvalue weighted by atomic mass is 10.0. The maximum Gasteiger partial charge on any atom is 0.255 e. The van der Waals surface area contributed by atoms with Crippen molar-refractivity contribution in [2.45, 2.75) is 19.9 Å². The van der Waals surface area contributed by atoms with Crippen molar-refractivity contribution in [1.29, 1.82) is 0 Å². The number of aromatic nitrogens is 1. The standard InChI is InChI=1S/C20H28N4O/c1-5-24(6-2)18(16-11-8-7-9-12-16)15-22-20(25)17-13-10-14-21-19(17)23(3)4/h7-14,18H,5-6,15H2,1-4H3,(H,22,25). The van der Waals surface area contributed by atoms with Gasteiger partial charge in [-0.05, 0) is 30.8 Å². The number of anilines is 1. The van der Waals surface area contributed by atoms with Crippen LogP contribution in [0.2, 0.25) is 0 Å². The molecule has 2 rings (SSSR count). The van der Waals surface area contributed by atoms with Gasteiger partial charge < -0.3 is 10.2 Å². The van der Waals surface area contributed by atoms with Gasteiger partial charge in [-0.3, -0.25) is 9.69 Å². The quantitative estimate of drug-likeness (QED) is 0.803. The van der Waals surface area contributed by atoms with Crippen LogP contribution in [0.25, 0.3) is 0 Å². The molecule has 0 aliphatic rings. The van der Waals surface area contributed by atoms with E-state index in [4.69, 9.17) is 0 Å². The monoisotopic (exact) mass is 340 g/mol. The molecule has 0 aliphatic heterocycles. The normalized spacial score (nSPS) is 12.0. The minimum atomic E-state index is -0.0927. The van der Waals surface area contributed by atoms with Gasteiger partial charge in [-0.1, -0.05) is 44.2 Å². The van der Waals surface area contributed by atoms with Crippen LogP contribution in [0.15, 0.2) is 48.7 Å². The second kappa shape index (κ2) is 9.18. The molecule has 1 N–H and O–H groups in total. The van der Waals surface area contributed by atoms with Crippen molar-refractivity contribution in [3.8, 4) is 0 Å². The maximum absolute atomic E-state index is 12.7. The molecule has 0 saturated carbocycles. The van der Waals surface area contributed by atoms with Crippen LogP contribution in [-0.4, -0.2) is 49.5 Å². The molecule has 0 spiro atoms. The second-order valence-electron chi connectivity index (χ2n) is 6.13. The summed E-state index contributed by atoms with van der Waals surface area (Å²) >= 11 is 0. The Morgan fingerprint density at radius 3 is 2.36 bits per heavy atom. The van der Waals surface area contributed by atoms with E-state index in [0.717, 1.165) is 13.1 Å². The molecular weight excluding hydrogens is 312 g/mol. The highest BCUT2D eigenvalue weighted by molar-refractivity contribution is 5.98. The molecule has 1 aromatic heterocycles. The number of likely N-dealkylation sites (N-methyl/N-ethyl adjacent to an activating group) is 1. The lowest BCUT2D eigenvalue weighted by Gasteiger charge is -2.30. The Balaban J connectivity index is 2.17. The lowest BCUT2D eigenvalue weighted by Crippen LogP contribution is -2.38. The lowest BCUT2D eigenvalue weighted by molar-refractivity contribution is 0.0935. The van der Waals surface area contributed by atoms with Crippen molar-refractivity contribution < 1.29 is 4.79 Å². The summed E-state index contributed by atoms with van der Waals surface area (Å²) in [5, 5.41) is 3.09. The summed E-state index contributed by atoms with van der Waals surface area (Å²) in [4.78, 5) is 21.2. The molecule has 0 fully saturated rings. The molecule has 1 aromatic carbocycles. The highest BCUT2D eigenvalue weighted by Crippen LogP contribution is 2.20. The number of rotatable bonds is 8. The number of benzene rings is 1. The minimum absolute atomic E-state index is 0.0927. The van der Waals surface area contributed by atoms with Gasteiger partial charge in [0.2, 0.25) is 0 Å². The Morgan fingerprint density at radius 2 is 1.76 bits per heavy atom. The van der Waals surface area contributed by atoms with Crippen LogP contribution in [0.5, 0.6) is 0 Å². The fourth-order valence-electron chi connectivity index (χ4n) is 3.01. The number of hydrogen-bond acceptors (Lipinski definition) is 4. The smallest absolute Gasteiger partial charge is 0.255 e. The van der Waals surface area contributed by atoms with Crippen LogP contribution in [0.3, 0.4) is 0 Å². The van der Waals surface area contributed by atoms with Gasteiger partial charge in [0.25, 0.3) is 5.91 Å². The zero-order chi connectivity index (χ0) is 18.2. The topological polar surface area (TPSA) is 48.5 Å². The molecule has 5 heteroatoms. The molecule has 0 saturated heterocycles. The van der Waals surface area contributed by atoms with Crippen LogP contribution < -0.4 is 10.2 Å². The Hall–Kier alpha value is -2.40. The van der Waals surface area contributed by atoms with Gasteiger partial charge in [0, 0.05) is 26.8 Å². The number of carbonyl (C=O) groups is 1. The fourth-order valence-corrected chi connectivity index (χ4v) is 3.01. The molecule has 0 bridgehead atoms. The van der Waals surface area contributed by atoms with Crippen LogP contribution in [0, 0.1) is 0 Å². The van der Waals surface area contributed by atoms with E-state index in [1.165, 1.54) is 5.56 Å². The first-order valence-corrected chi connectivity index (χ1v) is 8.78. The van der Waals surface area contributed by atoms with Crippen LogP contribution >= 0.6 is 0 Å². The summed E-state index contributed by atoms with van der Waals surface area (Å²) < 4.78 is 0. The molecule has 2 aromatic rings. The summed E-state index contributed by atoms with van der Waals surface area (Å²) in [6.07, 6.45) is 1.70. The van der Waals surface area contributed by atoms with Gasteiger partial charge in [0.15, 0.2) is 0 Å². The van der Waals surface area contributed by atoms with Crippen LogP contribution in [0.1, 0.15) is 35.8 Å². The number of nitrogens with one attached hydrogen (secondary N) is 1. The molecule has 1 unspecified atom stereocenters. The highest BCUT2D eigenvalue weighted by Gasteiger charge is 2.20. The zero-order valence-electron chi connectivity index (χ0n) is 15.6. The van der Waals surface area contributed by atoms with Gasteiger partial charge in [-0.25, -0.2) is 4.98 Å². The van der Waals surface area contributed by atoms with Crippen molar-refractivity contribution in [1.82, 2.24) is 15.2 Å². The van der Waals surface area contributed by atoms with E-state index in [9.17, 15) is 4.79 Å². The summed E-state index contributed by atoms with van der Waals surface area (Å²) in [6.45, 7) is 6.72. The SMILES string of the molecule is CCN(CC)C(CNC(=O)c1cccnc1N(C)C)c1ccccc1. The van der Waals surface area contributed by atoms with Crippen molar-refractivity contribution in [3.63, 3.8) is 0 Å². The van der Waals surface area contributed by atoms with Gasteiger partial charge in [-0.2, -0.15) is 0 Å². The zero-order valence-corrected chi connectivity index (χ0v) is 15.6. The molecule has 0 aliphatic carbocycles. The van der Waals surface area contributed by atoms with Crippen molar-refractivity contribution in [2.24, 2.45) is 0 Å². The summed E-state index contributed by atoms with van der Waals surface area (Å²) in [6, 6.07) is 14.1. The van der Waals surface area contributed by atoms with Gasteiger partial charge in [0.1, 0.15) is 5.82 Å². The molecule has 5 nitrogen and oxygen atoms in total. The first-order valence-electron chi connectivity index (χ1n) is 8.78. The van der Waals surface area contributed by atoms with Crippen LogP contribution in [-0.2, 0) is 0 Å². The number of pyridine rings is 1. The third-order valence-electron chi connectivity index (χ3n) is 4.35. The molecule has 134 valence electrons. The predicted molar refractivity (Wildman–Crippen MR) is 103 cm³/mol. The molecule has 25 heavy (non-hydrogen) atoms. The first-order chi connectivity index (χ1) is 12.1. The molecular formula is C20H28N4O. The van der Waals surface area contributed by atoms with Crippen LogP contribution in [0.4, 0.5) is 5.82 Å². The van der Waals surface area contributed by atoms with E-state index in [0.29, 0.717) is 17.9 Å². The Bertz CT molecular complexity index is 668. The van der Waals surface area contributed by atoms with E-state index in [1.807, 2.05) is 43.3 Å². The molecule has 0 radical (unpaired) electrons. The Labute approximate surface area is 150 Å². The van der Waals surface area contributed by atoms with Gasteiger partial charge in [0.05, 0.1) is 11.6 Å². The molecule has 1 amide bonds. The Kier molecular flexibility index (Phi) is 6.95. The minimum Gasteiger partial charge on any atom is -0.362 e. The fraction of sp³-hybridized carbons (Fsp3) is 0.400. The van der Waals surface area contributed by atoms with E-state index >= 15 is 0 Å². The predicted octanol–water partition coefficient (Wildman–Crippen LogP) is 2.96. The summed E-state index contributed by atoms with van der Waals surface area (Å²) in [7, 11) is 3.78. The van der Waals surface area contributed by atoms with E-state index in [-0.39, 0.29) is 11.9 Å². The largest absolute Gasteiger partial charge is 0.362 e. The second-order valence-corrected chi connectivity index (χ2v) is 6.13. The average molecular weight is 340 g/mol. The van der Waals surface area contributed by atoms with Gasteiger partial charge >= 0.3 is 0 Å². The number of nitrogens with zero attached hydrogens (tertiary/aromatic N) is 3. The van der Waals surface area contributed by atoms with Gasteiger partial charge in [-0.15, -0.1) is 0 Å².